The van der Waals surface area contributed by atoms with Gasteiger partial charge in [0.15, 0.2) is 16.3 Å². The minimum atomic E-state index is -0.433. The van der Waals surface area contributed by atoms with Crippen molar-refractivity contribution in [2.45, 2.75) is 6.54 Å². The van der Waals surface area contributed by atoms with Crippen LogP contribution < -0.4 is 14.3 Å². The molecule has 0 N–H and O–H groups in total. The van der Waals surface area contributed by atoms with Crippen molar-refractivity contribution in [2.24, 2.45) is 4.99 Å². The van der Waals surface area contributed by atoms with Crippen molar-refractivity contribution >= 4 is 49.4 Å². The van der Waals surface area contributed by atoms with E-state index in [2.05, 4.69) is 20.9 Å². The van der Waals surface area contributed by atoms with Gasteiger partial charge in [0.05, 0.1) is 17.3 Å². The fraction of sp³-hybridized carbons (Fsp3) is 0.167. The van der Waals surface area contributed by atoms with Gasteiger partial charge in [0.2, 0.25) is 6.79 Å². The van der Waals surface area contributed by atoms with Crippen LogP contribution in [0.5, 0.6) is 11.5 Å². The van der Waals surface area contributed by atoms with E-state index in [1.54, 1.807) is 22.8 Å². The Morgan fingerprint density at radius 1 is 1.22 bits per heavy atom. The highest BCUT2D eigenvalue weighted by Crippen LogP contribution is 2.32. The molecule has 0 radical (unpaired) electrons. The molecule has 2 heterocycles. The molecule has 0 saturated carbocycles. The molecule has 0 aliphatic carbocycles. The number of halogens is 1. The van der Waals surface area contributed by atoms with E-state index in [-0.39, 0.29) is 13.3 Å². The van der Waals surface area contributed by atoms with Gasteiger partial charge in [0.1, 0.15) is 6.54 Å². The van der Waals surface area contributed by atoms with E-state index in [9.17, 15) is 9.59 Å². The van der Waals surface area contributed by atoms with Crippen LogP contribution in [0, 0.1) is 0 Å². The molecular formula is C18H13BrN2O5S. The average Bonchev–Trinajstić information content (AvgIpc) is 3.25. The molecular weight excluding hydrogens is 436 g/mol. The van der Waals surface area contributed by atoms with E-state index in [0.29, 0.717) is 21.9 Å². The van der Waals surface area contributed by atoms with Gasteiger partial charge in [-0.15, -0.1) is 0 Å². The van der Waals surface area contributed by atoms with E-state index in [1.807, 2.05) is 18.2 Å². The van der Waals surface area contributed by atoms with Gasteiger partial charge >= 0.3 is 5.97 Å². The highest BCUT2D eigenvalue weighted by molar-refractivity contribution is 9.10. The summed E-state index contributed by atoms with van der Waals surface area (Å²) in [6.45, 7) is 0.0970. The van der Waals surface area contributed by atoms with E-state index in [0.717, 1.165) is 14.7 Å². The molecule has 2 aromatic carbocycles. The number of esters is 1. The van der Waals surface area contributed by atoms with Crippen LogP contribution in [0.2, 0.25) is 0 Å². The normalized spacial score (nSPS) is 13.2. The van der Waals surface area contributed by atoms with Crippen LogP contribution in [0.4, 0.5) is 0 Å². The number of amides is 1. The van der Waals surface area contributed by atoms with Crippen molar-refractivity contribution in [2.75, 3.05) is 13.9 Å². The topological polar surface area (TPSA) is 79.1 Å². The van der Waals surface area contributed by atoms with Gasteiger partial charge in [-0.05, 0) is 36.4 Å². The molecule has 1 aliphatic rings. The third-order valence-corrected chi connectivity index (χ3v) is 5.51. The number of aromatic nitrogens is 1. The summed E-state index contributed by atoms with van der Waals surface area (Å²) >= 11 is 4.75. The van der Waals surface area contributed by atoms with E-state index in [1.165, 1.54) is 18.4 Å². The zero-order valence-electron chi connectivity index (χ0n) is 14.1. The molecule has 0 saturated heterocycles. The third kappa shape index (κ3) is 3.47. The molecule has 1 aromatic heterocycles. The summed E-state index contributed by atoms with van der Waals surface area (Å²) < 4.78 is 18.8. The van der Waals surface area contributed by atoms with Crippen molar-refractivity contribution in [3.05, 3.63) is 51.2 Å². The molecule has 0 fully saturated rings. The Bertz CT molecular complexity index is 1130. The Hall–Kier alpha value is -2.65. The maximum Gasteiger partial charge on any atom is 0.325 e. The minimum absolute atomic E-state index is 0.0363. The Balaban J connectivity index is 1.80. The monoisotopic (exact) mass is 448 g/mol. The number of nitrogens with zero attached hydrogens (tertiary/aromatic N) is 2. The third-order valence-electron chi connectivity index (χ3n) is 3.98. The Labute approximate surface area is 165 Å². The molecule has 4 rings (SSSR count). The second-order valence-electron chi connectivity index (χ2n) is 5.64. The van der Waals surface area contributed by atoms with E-state index in [4.69, 9.17) is 14.2 Å². The minimum Gasteiger partial charge on any atom is -0.468 e. The number of benzene rings is 2. The van der Waals surface area contributed by atoms with Gasteiger partial charge in [0, 0.05) is 10.0 Å². The number of ether oxygens (including phenoxy) is 3. The standard InChI is InChI=1S/C18H13BrN2O5S/c1-24-16(22)8-21-12-4-3-11(19)7-15(12)27-18(21)20-17(23)10-2-5-13-14(6-10)26-9-25-13/h2-7H,8-9H2,1H3. The summed E-state index contributed by atoms with van der Waals surface area (Å²) in [5.74, 6) is 0.255. The fourth-order valence-corrected chi connectivity index (χ4v) is 4.24. The van der Waals surface area contributed by atoms with Crippen molar-refractivity contribution < 1.29 is 23.8 Å². The molecule has 138 valence electrons. The molecule has 1 aliphatic heterocycles. The maximum absolute atomic E-state index is 12.7. The molecule has 1 amide bonds. The van der Waals surface area contributed by atoms with Gasteiger partial charge < -0.3 is 18.8 Å². The van der Waals surface area contributed by atoms with Gasteiger partial charge in [-0.2, -0.15) is 4.99 Å². The van der Waals surface area contributed by atoms with Crippen molar-refractivity contribution in [1.29, 1.82) is 0 Å². The largest absolute Gasteiger partial charge is 0.468 e. The number of hydrogen-bond donors (Lipinski definition) is 0. The molecule has 0 atom stereocenters. The zero-order chi connectivity index (χ0) is 19.0. The van der Waals surface area contributed by atoms with E-state index >= 15 is 0 Å². The van der Waals surface area contributed by atoms with Gasteiger partial charge in [-0.3, -0.25) is 9.59 Å². The summed E-state index contributed by atoms with van der Waals surface area (Å²) in [6, 6.07) is 10.6. The maximum atomic E-state index is 12.7. The molecule has 0 spiro atoms. The van der Waals surface area contributed by atoms with Crippen LogP contribution in [0.15, 0.2) is 45.9 Å². The Kier molecular flexibility index (Phi) is 4.71. The Morgan fingerprint density at radius 3 is 2.85 bits per heavy atom. The number of rotatable bonds is 3. The van der Waals surface area contributed by atoms with Crippen molar-refractivity contribution in [1.82, 2.24) is 4.57 Å². The van der Waals surface area contributed by atoms with Crippen LogP contribution in [0.25, 0.3) is 10.2 Å². The predicted molar refractivity (Wildman–Crippen MR) is 102 cm³/mol. The number of carbonyl (C=O) groups excluding carboxylic acids is 2. The first-order valence-electron chi connectivity index (χ1n) is 7.89. The summed E-state index contributed by atoms with van der Waals surface area (Å²) in [5.41, 5.74) is 1.17. The number of thiazole rings is 1. The van der Waals surface area contributed by atoms with Crippen molar-refractivity contribution in [3.63, 3.8) is 0 Å². The number of methoxy groups -OCH3 is 1. The molecule has 0 bridgehead atoms. The summed E-state index contributed by atoms with van der Waals surface area (Å²) in [7, 11) is 1.32. The highest BCUT2D eigenvalue weighted by Gasteiger charge is 2.17. The van der Waals surface area contributed by atoms with Crippen LogP contribution in [-0.2, 0) is 16.1 Å². The van der Waals surface area contributed by atoms with Crippen LogP contribution >= 0.6 is 27.3 Å². The van der Waals surface area contributed by atoms with Gasteiger partial charge in [0.25, 0.3) is 5.91 Å². The average molecular weight is 449 g/mol. The molecule has 3 aromatic rings. The highest BCUT2D eigenvalue weighted by atomic mass is 79.9. The van der Waals surface area contributed by atoms with Crippen LogP contribution in [0.1, 0.15) is 10.4 Å². The summed E-state index contributed by atoms with van der Waals surface area (Å²) in [6.07, 6.45) is 0. The number of hydrogen-bond acceptors (Lipinski definition) is 6. The SMILES string of the molecule is COC(=O)Cn1c(=NC(=O)c2ccc3c(c2)OCO3)sc2cc(Br)ccc21. The first-order valence-corrected chi connectivity index (χ1v) is 9.50. The first kappa shape index (κ1) is 17.7. The Morgan fingerprint density at radius 2 is 2.04 bits per heavy atom. The van der Waals surface area contributed by atoms with Gasteiger partial charge in [-0.25, -0.2) is 0 Å². The lowest BCUT2D eigenvalue weighted by atomic mass is 10.2. The number of carbonyl (C=O) groups is 2. The van der Waals surface area contributed by atoms with E-state index < -0.39 is 11.9 Å². The second kappa shape index (κ2) is 7.16. The predicted octanol–water partition coefficient (Wildman–Crippen LogP) is 3.11. The lowest BCUT2D eigenvalue weighted by Crippen LogP contribution is -2.22. The lowest BCUT2D eigenvalue weighted by molar-refractivity contribution is -0.141. The zero-order valence-corrected chi connectivity index (χ0v) is 16.5. The number of fused-ring (bicyclic) bond motifs is 2. The second-order valence-corrected chi connectivity index (χ2v) is 7.57. The quantitative estimate of drug-likeness (QED) is 0.575. The summed E-state index contributed by atoms with van der Waals surface area (Å²) in [4.78, 5) is 29.1. The molecule has 0 unspecified atom stereocenters. The van der Waals surface area contributed by atoms with Crippen LogP contribution in [0.3, 0.4) is 0 Å². The van der Waals surface area contributed by atoms with Crippen molar-refractivity contribution in [3.8, 4) is 11.5 Å². The molecule has 9 heteroatoms. The summed E-state index contributed by atoms with van der Waals surface area (Å²) in [5, 5.41) is 0. The first-order chi connectivity index (χ1) is 13.0. The molecule has 7 nitrogen and oxygen atoms in total. The smallest absolute Gasteiger partial charge is 0.325 e. The fourth-order valence-electron chi connectivity index (χ4n) is 2.66. The lowest BCUT2D eigenvalue weighted by Gasteiger charge is -2.04. The van der Waals surface area contributed by atoms with Crippen LogP contribution in [-0.4, -0.2) is 30.3 Å². The van der Waals surface area contributed by atoms with Gasteiger partial charge in [-0.1, -0.05) is 27.3 Å². The molecule has 27 heavy (non-hydrogen) atoms.